The van der Waals surface area contributed by atoms with Crippen LogP contribution in [0.1, 0.15) is 37.0 Å². The van der Waals surface area contributed by atoms with Crippen molar-refractivity contribution in [1.29, 1.82) is 0 Å². The molecule has 1 amide bonds. The van der Waals surface area contributed by atoms with Gasteiger partial charge in [-0.15, -0.1) is 0 Å². The number of hydrogen-bond acceptors (Lipinski definition) is 4. The van der Waals surface area contributed by atoms with Gasteiger partial charge in [-0.25, -0.2) is 0 Å². The number of aromatic hydroxyl groups is 1. The molecule has 1 unspecified atom stereocenters. The molecular weight excluding hydrogens is 236 g/mol. The molecule has 0 saturated carbocycles. The van der Waals surface area contributed by atoms with E-state index in [0.29, 0.717) is 0 Å². The summed E-state index contributed by atoms with van der Waals surface area (Å²) >= 11 is 0. The van der Waals surface area contributed by atoms with Crippen LogP contribution in [0.5, 0.6) is 5.75 Å². The number of carbonyl (C=O) groups excluding carboxylic acids is 1. The number of nitro groups is 1. The molecule has 0 spiro atoms. The quantitative estimate of drug-likeness (QED) is 0.620. The van der Waals surface area contributed by atoms with Crippen molar-refractivity contribution in [3.63, 3.8) is 0 Å². The zero-order chi connectivity index (χ0) is 13.7. The molecule has 6 heteroatoms. The SMILES string of the molecule is CCCC(C)NC(=O)c1cccc([N+](=O)[O-])c1O. The van der Waals surface area contributed by atoms with Gasteiger partial charge in [0.05, 0.1) is 10.5 Å². The highest BCUT2D eigenvalue weighted by molar-refractivity contribution is 5.98. The third-order valence-corrected chi connectivity index (χ3v) is 2.56. The van der Waals surface area contributed by atoms with E-state index in [-0.39, 0.29) is 11.6 Å². The summed E-state index contributed by atoms with van der Waals surface area (Å²) < 4.78 is 0. The number of para-hydroxylation sites is 1. The monoisotopic (exact) mass is 252 g/mol. The van der Waals surface area contributed by atoms with Gasteiger partial charge in [-0.2, -0.15) is 0 Å². The summed E-state index contributed by atoms with van der Waals surface area (Å²) in [5.74, 6) is -1.10. The fourth-order valence-corrected chi connectivity index (χ4v) is 1.67. The van der Waals surface area contributed by atoms with Crippen LogP contribution in [0.4, 0.5) is 5.69 Å². The van der Waals surface area contributed by atoms with E-state index in [9.17, 15) is 20.0 Å². The Morgan fingerprint density at radius 2 is 2.22 bits per heavy atom. The molecule has 0 heterocycles. The first-order valence-corrected chi connectivity index (χ1v) is 5.74. The average Bonchev–Trinajstić information content (AvgIpc) is 2.28. The number of phenols is 1. The summed E-state index contributed by atoms with van der Waals surface area (Å²) in [6.07, 6.45) is 1.73. The highest BCUT2D eigenvalue weighted by Crippen LogP contribution is 2.29. The van der Waals surface area contributed by atoms with Crippen LogP contribution in [0, 0.1) is 10.1 Å². The van der Waals surface area contributed by atoms with Crippen molar-refractivity contribution in [3.05, 3.63) is 33.9 Å². The molecule has 0 saturated heterocycles. The van der Waals surface area contributed by atoms with Crippen molar-refractivity contribution < 1.29 is 14.8 Å². The van der Waals surface area contributed by atoms with Crippen molar-refractivity contribution in [2.75, 3.05) is 0 Å². The van der Waals surface area contributed by atoms with Gasteiger partial charge >= 0.3 is 5.69 Å². The van der Waals surface area contributed by atoms with Crippen LogP contribution in [0.15, 0.2) is 18.2 Å². The normalized spacial score (nSPS) is 11.9. The van der Waals surface area contributed by atoms with Crippen LogP contribution < -0.4 is 5.32 Å². The van der Waals surface area contributed by atoms with Gasteiger partial charge in [-0.1, -0.05) is 19.4 Å². The lowest BCUT2D eigenvalue weighted by atomic mass is 10.1. The van der Waals surface area contributed by atoms with E-state index in [1.165, 1.54) is 12.1 Å². The molecular formula is C12H16N2O4. The molecule has 1 aromatic carbocycles. The second-order valence-corrected chi connectivity index (χ2v) is 4.09. The number of hydrogen-bond donors (Lipinski definition) is 2. The van der Waals surface area contributed by atoms with Crippen molar-refractivity contribution in [3.8, 4) is 5.75 Å². The molecule has 0 aliphatic carbocycles. The standard InChI is InChI=1S/C12H16N2O4/c1-3-5-8(2)13-12(16)9-6-4-7-10(11(9)15)14(17)18/h4,6-8,15H,3,5H2,1-2H3,(H,13,16). The number of rotatable bonds is 5. The molecule has 0 radical (unpaired) electrons. The molecule has 1 rings (SSSR count). The highest BCUT2D eigenvalue weighted by Gasteiger charge is 2.21. The Morgan fingerprint density at radius 1 is 1.56 bits per heavy atom. The minimum absolute atomic E-state index is 0.0406. The summed E-state index contributed by atoms with van der Waals surface area (Å²) in [6.45, 7) is 3.84. The number of phenolic OH excluding ortho intramolecular Hbond substituents is 1. The fourth-order valence-electron chi connectivity index (χ4n) is 1.67. The van der Waals surface area contributed by atoms with Crippen LogP contribution in [0.25, 0.3) is 0 Å². The second-order valence-electron chi connectivity index (χ2n) is 4.09. The topological polar surface area (TPSA) is 92.5 Å². The van der Waals surface area contributed by atoms with Crippen molar-refractivity contribution in [1.82, 2.24) is 5.32 Å². The Bertz CT molecular complexity index is 459. The fraction of sp³-hybridized carbons (Fsp3) is 0.417. The largest absolute Gasteiger partial charge is 0.502 e. The molecule has 0 aliphatic rings. The van der Waals surface area contributed by atoms with Crippen molar-refractivity contribution in [2.45, 2.75) is 32.7 Å². The minimum Gasteiger partial charge on any atom is -0.502 e. The molecule has 18 heavy (non-hydrogen) atoms. The van der Waals surface area contributed by atoms with E-state index in [2.05, 4.69) is 5.32 Å². The highest BCUT2D eigenvalue weighted by atomic mass is 16.6. The maximum atomic E-state index is 11.8. The first-order valence-electron chi connectivity index (χ1n) is 5.74. The molecule has 0 aliphatic heterocycles. The number of nitrogens with one attached hydrogen (secondary N) is 1. The zero-order valence-electron chi connectivity index (χ0n) is 10.3. The Hall–Kier alpha value is -2.11. The van der Waals surface area contributed by atoms with Gasteiger partial charge in [0.2, 0.25) is 5.75 Å². The van der Waals surface area contributed by atoms with Gasteiger partial charge in [0.25, 0.3) is 5.91 Å². The van der Waals surface area contributed by atoms with E-state index < -0.39 is 22.3 Å². The predicted molar refractivity (Wildman–Crippen MR) is 66.6 cm³/mol. The minimum atomic E-state index is -0.721. The maximum absolute atomic E-state index is 11.8. The van der Waals surface area contributed by atoms with E-state index in [1.54, 1.807) is 0 Å². The molecule has 0 aromatic heterocycles. The molecule has 0 bridgehead atoms. The second kappa shape index (κ2) is 6.00. The van der Waals surface area contributed by atoms with E-state index in [0.717, 1.165) is 18.9 Å². The number of nitrogens with zero attached hydrogens (tertiary/aromatic N) is 1. The van der Waals surface area contributed by atoms with Crippen LogP contribution in [-0.4, -0.2) is 22.0 Å². The van der Waals surface area contributed by atoms with E-state index in [1.807, 2.05) is 13.8 Å². The first-order chi connectivity index (χ1) is 8.47. The third kappa shape index (κ3) is 3.19. The Balaban J connectivity index is 2.93. The van der Waals surface area contributed by atoms with E-state index in [4.69, 9.17) is 0 Å². The Labute approximate surface area is 105 Å². The molecule has 6 nitrogen and oxygen atoms in total. The van der Waals surface area contributed by atoms with Gasteiger partial charge in [0, 0.05) is 12.1 Å². The van der Waals surface area contributed by atoms with Gasteiger partial charge < -0.3 is 10.4 Å². The van der Waals surface area contributed by atoms with Crippen LogP contribution in [-0.2, 0) is 0 Å². The maximum Gasteiger partial charge on any atom is 0.311 e. The van der Waals surface area contributed by atoms with Gasteiger partial charge in [0.1, 0.15) is 0 Å². The third-order valence-electron chi connectivity index (χ3n) is 2.56. The zero-order valence-corrected chi connectivity index (χ0v) is 10.3. The predicted octanol–water partition coefficient (Wildman–Crippen LogP) is 2.22. The Kier molecular flexibility index (Phi) is 4.65. The number of benzene rings is 1. The van der Waals surface area contributed by atoms with Crippen molar-refractivity contribution >= 4 is 11.6 Å². The molecule has 1 aromatic rings. The summed E-state index contributed by atoms with van der Waals surface area (Å²) in [6, 6.07) is 3.84. The number of carbonyl (C=O) groups is 1. The van der Waals surface area contributed by atoms with Gasteiger partial charge in [-0.05, 0) is 19.4 Å². The lowest BCUT2D eigenvalue weighted by Gasteiger charge is -2.13. The van der Waals surface area contributed by atoms with Crippen LogP contribution in [0.3, 0.4) is 0 Å². The first kappa shape index (κ1) is 14.0. The van der Waals surface area contributed by atoms with Gasteiger partial charge in [-0.3, -0.25) is 14.9 Å². The molecule has 0 fully saturated rings. The molecule has 98 valence electrons. The van der Waals surface area contributed by atoms with Crippen LogP contribution in [0.2, 0.25) is 0 Å². The number of amides is 1. The Morgan fingerprint density at radius 3 is 2.78 bits per heavy atom. The number of nitro benzene ring substituents is 1. The lowest BCUT2D eigenvalue weighted by molar-refractivity contribution is -0.385. The molecule has 1 atom stereocenters. The van der Waals surface area contributed by atoms with E-state index >= 15 is 0 Å². The van der Waals surface area contributed by atoms with Crippen molar-refractivity contribution in [2.24, 2.45) is 0 Å². The summed E-state index contributed by atoms with van der Waals surface area (Å²) in [7, 11) is 0. The smallest absolute Gasteiger partial charge is 0.311 e. The summed E-state index contributed by atoms with van der Waals surface area (Å²) in [4.78, 5) is 21.7. The summed E-state index contributed by atoms with van der Waals surface area (Å²) in [5, 5.41) is 23.0. The molecule has 2 N–H and O–H groups in total. The lowest BCUT2D eigenvalue weighted by Crippen LogP contribution is -2.32. The summed E-state index contributed by atoms with van der Waals surface area (Å²) in [5.41, 5.74) is -0.544. The average molecular weight is 252 g/mol. The van der Waals surface area contributed by atoms with Crippen LogP contribution >= 0.6 is 0 Å². The van der Waals surface area contributed by atoms with Gasteiger partial charge in [0.15, 0.2) is 0 Å².